The molecule has 0 radical (unpaired) electrons. The van der Waals surface area contributed by atoms with Crippen molar-refractivity contribution in [3.05, 3.63) is 24.3 Å². The van der Waals surface area contributed by atoms with Crippen LogP contribution in [0.4, 0.5) is 14.5 Å². The maximum Gasteiger partial charge on any atom is 0.387 e. The molecule has 15 heavy (non-hydrogen) atoms. The second kappa shape index (κ2) is 6.19. The van der Waals surface area contributed by atoms with Gasteiger partial charge >= 0.3 is 6.61 Å². The summed E-state index contributed by atoms with van der Waals surface area (Å²) in [5.74, 6) is 0.137. The van der Waals surface area contributed by atoms with Crippen LogP contribution >= 0.6 is 0 Å². The van der Waals surface area contributed by atoms with Gasteiger partial charge in [0.15, 0.2) is 0 Å². The number of hydrogen-bond donors (Lipinski definition) is 2. The molecule has 0 aliphatic carbocycles. The van der Waals surface area contributed by atoms with Gasteiger partial charge in [0.25, 0.3) is 0 Å². The summed E-state index contributed by atoms with van der Waals surface area (Å²) in [7, 11) is 0. The van der Waals surface area contributed by atoms with E-state index >= 15 is 0 Å². The van der Waals surface area contributed by atoms with Crippen LogP contribution in [0.5, 0.6) is 5.75 Å². The van der Waals surface area contributed by atoms with Crippen LogP contribution in [0.25, 0.3) is 0 Å². The normalized spacial score (nSPS) is 10.4. The number of benzene rings is 1. The van der Waals surface area contributed by atoms with E-state index in [0.717, 1.165) is 5.69 Å². The predicted molar refractivity (Wildman–Crippen MR) is 53.3 cm³/mol. The number of nitrogens with one attached hydrogen (secondary N) is 1. The van der Waals surface area contributed by atoms with E-state index in [1.54, 1.807) is 12.1 Å². The number of alkyl halides is 2. The SMILES string of the molecule is OCCCNc1ccc(OC(F)F)cc1. The Morgan fingerprint density at radius 2 is 1.93 bits per heavy atom. The van der Waals surface area contributed by atoms with Crippen LogP contribution in [-0.4, -0.2) is 24.9 Å². The molecule has 0 unspecified atom stereocenters. The van der Waals surface area contributed by atoms with Gasteiger partial charge in [0.2, 0.25) is 0 Å². The summed E-state index contributed by atoms with van der Waals surface area (Å²) in [5.41, 5.74) is 0.810. The lowest BCUT2D eigenvalue weighted by Crippen LogP contribution is -2.04. The van der Waals surface area contributed by atoms with Crippen molar-refractivity contribution in [2.24, 2.45) is 0 Å². The van der Waals surface area contributed by atoms with E-state index in [9.17, 15) is 8.78 Å². The van der Waals surface area contributed by atoms with Gasteiger partial charge < -0.3 is 15.2 Å². The average molecular weight is 217 g/mol. The second-order valence-corrected chi connectivity index (χ2v) is 2.91. The average Bonchev–Trinajstić information content (AvgIpc) is 2.20. The first kappa shape index (κ1) is 11.7. The van der Waals surface area contributed by atoms with Gasteiger partial charge in [-0.25, -0.2) is 0 Å². The Bertz CT molecular complexity index is 277. The second-order valence-electron chi connectivity index (χ2n) is 2.91. The van der Waals surface area contributed by atoms with E-state index in [1.807, 2.05) is 0 Å². The lowest BCUT2D eigenvalue weighted by molar-refractivity contribution is -0.0498. The molecule has 1 rings (SSSR count). The summed E-state index contributed by atoms with van der Waals surface area (Å²) >= 11 is 0. The van der Waals surface area contributed by atoms with E-state index in [2.05, 4.69) is 10.1 Å². The molecule has 0 heterocycles. The Morgan fingerprint density at radius 3 is 2.47 bits per heavy atom. The first-order valence-corrected chi connectivity index (χ1v) is 4.62. The summed E-state index contributed by atoms with van der Waals surface area (Å²) in [4.78, 5) is 0. The van der Waals surface area contributed by atoms with Crippen LogP contribution < -0.4 is 10.1 Å². The fraction of sp³-hybridized carbons (Fsp3) is 0.400. The Kier molecular flexibility index (Phi) is 4.83. The zero-order chi connectivity index (χ0) is 11.1. The van der Waals surface area contributed by atoms with Crippen molar-refractivity contribution in [2.45, 2.75) is 13.0 Å². The minimum atomic E-state index is -2.79. The molecule has 5 heteroatoms. The van der Waals surface area contributed by atoms with Crippen LogP contribution in [0.3, 0.4) is 0 Å². The lowest BCUT2D eigenvalue weighted by atomic mass is 10.3. The molecule has 84 valence electrons. The van der Waals surface area contributed by atoms with Crippen molar-refractivity contribution in [1.29, 1.82) is 0 Å². The molecule has 0 aromatic heterocycles. The van der Waals surface area contributed by atoms with Gasteiger partial charge in [-0.05, 0) is 30.7 Å². The van der Waals surface area contributed by atoms with Crippen LogP contribution in [-0.2, 0) is 0 Å². The minimum Gasteiger partial charge on any atom is -0.435 e. The Hall–Kier alpha value is -1.36. The fourth-order valence-electron chi connectivity index (χ4n) is 1.07. The van der Waals surface area contributed by atoms with Crippen molar-refractivity contribution in [1.82, 2.24) is 0 Å². The molecule has 0 atom stereocenters. The van der Waals surface area contributed by atoms with Crippen molar-refractivity contribution < 1.29 is 18.6 Å². The summed E-state index contributed by atoms with van der Waals surface area (Å²) in [6, 6.07) is 6.23. The predicted octanol–water partition coefficient (Wildman–Crippen LogP) is 2.08. The largest absolute Gasteiger partial charge is 0.435 e. The van der Waals surface area contributed by atoms with E-state index in [-0.39, 0.29) is 12.4 Å². The van der Waals surface area contributed by atoms with Crippen LogP contribution in [0.1, 0.15) is 6.42 Å². The number of halogens is 2. The molecule has 1 aromatic rings. The fourth-order valence-corrected chi connectivity index (χ4v) is 1.07. The molecule has 0 fully saturated rings. The molecule has 0 amide bonds. The zero-order valence-corrected chi connectivity index (χ0v) is 8.12. The van der Waals surface area contributed by atoms with Crippen molar-refractivity contribution in [3.8, 4) is 5.75 Å². The first-order chi connectivity index (χ1) is 7.22. The summed E-state index contributed by atoms with van der Waals surface area (Å²) in [5, 5.41) is 11.6. The molecular formula is C10H13F2NO2. The monoisotopic (exact) mass is 217 g/mol. The topological polar surface area (TPSA) is 41.5 Å². The first-order valence-electron chi connectivity index (χ1n) is 4.62. The molecule has 0 saturated carbocycles. The molecule has 0 aliphatic rings. The Balaban J connectivity index is 2.42. The van der Waals surface area contributed by atoms with Gasteiger partial charge in [0.1, 0.15) is 5.75 Å². The van der Waals surface area contributed by atoms with Crippen LogP contribution in [0.2, 0.25) is 0 Å². The van der Waals surface area contributed by atoms with Gasteiger partial charge in [0.05, 0.1) is 0 Å². The number of hydrogen-bond acceptors (Lipinski definition) is 3. The summed E-state index contributed by atoms with van der Waals surface area (Å²) < 4.78 is 27.8. The van der Waals surface area contributed by atoms with Gasteiger partial charge in [-0.15, -0.1) is 0 Å². The summed E-state index contributed by atoms with van der Waals surface area (Å²) in [6.07, 6.45) is 0.648. The highest BCUT2D eigenvalue weighted by atomic mass is 19.3. The van der Waals surface area contributed by atoms with Crippen LogP contribution in [0.15, 0.2) is 24.3 Å². The number of aliphatic hydroxyl groups is 1. The van der Waals surface area contributed by atoms with E-state index in [1.165, 1.54) is 12.1 Å². The zero-order valence-electron chi connectivity index (χ0n) is 8.12. The highest BCUT2D eigenvalue weighted by molar-refractivity contribution is 5.46. The third-order valence-electron chi connectivity index (χ3n) is 1.74. The van der Waals surface area contributed by atoms with E-state index in [4.69, 9.17) is 5.11 Å². The molecule has 0 bridgehead atoms. The highest BCUT2D eigenvalue weighted by Gasteiger charge is 2.03. The highest BCUT2D eigenvalue weighted by Crippen LogP contribution is 2.17. The maximum absolute atomic E-state index is 11.8. The van der Waals surface area contributed by atoms with Gasteiger partial charge in [-0.1, -0.05) is 0 Å². The van der Waals surface area contributed by atoms with Crippen LogP contribution in [0, 0.1) is 0 Å². The van der Waals surface area contributed by atoms with E-state index in [0.29, 0.717) is 13.0 Å². The standard InChI is InChI=1S/C10H13F2NO2/c11-10(12)15-9-4-2-8(3-5-9)13-6-1-7-14/h2-5,10,13-14H,1,6-7H2. The Labute approximate surface area is 86.7 Å². The lowest BCUT2D eigenvalue weighted by Gasteiger charge is -2.07. The van der Waals surface area contributed by atoms with Gasteiger partial charge in [-0.3, -0.25) is 0 Å². The number of rotatable bonds is 6. The molecule has 0 spiro atoms. The van der Waals surface area contributed by atoms with Crippen molar-refractivity contribution >= 4 is 5.69 Å². The minimum absolute atomic E-state index is 0.125. The third kappa shape index (κ3) is 4.60. The molecule has 0 aliphatic heterocycles. The smallest absolute Gasteiger partial charge is 0.387 e. The number of anilines is 1. The number of ether oxygens (including phenoxy) is 1. The quantitative estimate of drug-likeness (QED) is 0.717. The Morgan fingerprint density at radius 1 is 1.27 bits per heavy atom. The third-order valence-corrected chi connectivity index (χ3v) is 1.74. The molecule has 3 nitrogen and oxygen atoms in total. The summed E-state index contributed by atoms with van der Waals surface area (Å²) in [6.45, 7) is -2.02. The van der Waals surface area contributed by atoms with Gasteiger partial charge in [-0.2, -0.15) is 8.78 Å². The maximum atomic E-state index is 11.8. The molecule has 1 aromatic carbocycles. The van der Waals surface area contributed by atoms with Crippen molar-refractivity contribution in [2.75, 3.05) is 18.5 Å². The van der Waals surface area contributed by atoms with Gasteiger partial charge in [0, 0.05) is 18.8 Å². The van der Waals surface area contributed by atoms with Crippen molar-refractivity contribution in [3.63, 3.8) is 0 Å². The number of aliphatic hydroxyl groups excluding tert-OH is 1. The molecular weight excluding hydrogens is 204 g/mol. The molecule has 2 N–H and O–H groups in total. The molecule has 0 saturated heterocycles. The van der Waals surface area contributed by atoms with E-state index < -0.39 is 6.61 Å².